The van der Waals surface area contributed by atoms with Gasteiger partial charge in [-0.3, -0.25) is 4.79 Å². The standard InChI is InChI=1S/C14H15NOS/c1-11-4-6-12(7-5-11)15-9-8-13(16)14-3-2-10-17-14/h2-7,10,15H,8-9H2,1H3. The van der Waals surface area contributed by atoms with Crippen LogP contribution in [-0.4, -0.2) is 12.3 Å². The van der Waals surface area contributed by atoms with E-state index >= 15 is 0 Å². The number of hydrogen-bond acceptors (Lipinski definition) is 3. The van der Waals surface area contributed by atoms with Crippen LogP contribution < -0.4 is 5.32 Å². The number of anilines is 1. The fourth-order valence-electron chi connectivity index (χ4n) is 1.55. The van der Waals surface area contributed by atoms with Crippen LogP contribution in [0.5, 0.6) is 0 Å². The number of benzene rings is 1. The Balaban J connectivity index is 1.80. The first-order valence-corrected chi connectivity index (χ1v) is 6.51. The quantitative estimate of drug-likeness (QED) is 0.813. The second-order valence-electron chi connectivity index (χ2n) is 3.94. The van der Waals surface area contributed by atoms with Crippen molar-refractivity contribution in [1.29, 1.82) is 0 Å². The molecule has 2 aromatic rings. The predicted octanol–water partition coefficient (Wildman–Crippen LogP) is 3.74. The first-order chi connectivity index (χ1) is 8.25. The molecular weight excluding hydrogens is 230 g/mol. The maximum absolute atomic E-state index is 11.7. The van der Waals surface area contributed by atoms with Crippen LogP contribution in [0.25, 0.3) is 0 Å². The zero-order chi connectivity index (χ0) is 12.1. The molecule has 1 heterocycles. The number of carbonyl (C=O) groups is 1. The Hall–Kier alpha value is -1.61. The second kappa shape index (κ2) is 5.64. The van der Waals surface area contributed by atoms with Crippen LogP contribution in [-0.2, 0) is 0 Å². The first-order valence-electron chi connectivity index (χ1n) is 5.63. The Morgan fingerprint density at radius 1 is 1.24 bits per heavy atom. The second-order valence-corrected chi connectivity index (χ2v) is 4.89. The van der Waals surface area contributed by atoms with Gasteiger partial charge in [-0.2, -0.15) is 0 Å². The SMILES string of the molecule is Cc1ccc(NCCC(=O)c2cccs2)cc1. The predicted molar refractivity (Wildman–Crippen MR) is 72.9 cm³/mol. The van der Waals surface area contributed by atoms with Crippen molar-refractivity contribution in [3.05, 3.63) is 52.2 Å². The Labute approximate surface area is 105 Å². The summed E-state index contributed by atoms with van der Waals surface area (Å²) in [5.41, 5.74) is 2.31. The van der Waals surface area contributed by atoms with Crippen LogP contribution in [0.4, 0.5) is 5.69 Å². The molecule has 2 nitrogen and oxygen atoms in total. The van der Waals surface area contributed by atoms with Crippen molar-refractivity contribution >= 4 is 22.8 Å². The van der Waals surface area contributed by atoms with E-state index in [0.29, 0.717) is 13.0 Å². The molecule has 0 amide bonds. The average molecular weight is 245 g/mol. The molecule has 0 spiro atoms. The van der Waals surface area contributed by atoms with Crippen molar-refractivity contribution in [1.82, 2.24) is 0 Å². The third-order valence-electron chi connectivity index (χ3n) is 2.53. The van der Waals surface area contributed by atoms with Gasteiger partial charge in [0.1, 0.15) is 0 Å². The van der Waals surface area contributed by atoms with E-state index in [9.17, 15) is 4.79 Å². The highest BCUT2D eigenvalue weighted by molar-refractivity contribution is 7.12. The number of nitrogens with one attached hydrogen (secondary N) is 1. The maximum Gasteiger partial charge on any atom is 0.174 e. The molecular formula is C14H15NOS. The molecule has 2 rings (SSSR count). The summed E-state index contributed by atoms with van der Waals surface area (Å²) in [7, 11) is 0. The van der Waals surface area contributed by atoms with Gasteiger partial charge in [-0.05, 0) is 30.5 Å². The van der Waals surface area contributed by atoms with Crippen molar-refractivity contribution in [3.8, 4) is 0 Å². The summed E-state index contributed by atoms with van der Waals surface area (Å²) >= 11 is 1.50. The molecule has 0 atom stereocenters. The average Bonchev–Trinajstić information content (AvgIpc) is 2.85. The van der Waals surface area contributed by atoms with E-state index in [-0.39, 0.29) is 5.78 Å². The molecule has 1 aromatic heterocycles. The highest BCUT2D eigenvalue weighted by Gasteiger charge is 2.05. The van der Waals surface area contributed by atoms with Gasteiger partial charge >= 0.3 is 0 Å². The van der Waals surface area contributed by atoms with Gasteiger partial charge in [0.25, 0.3) is 0 Å². The van der Waals surface area contributed by atoms with Crippen LogP contribution in [0.1, 0.15) is 21.7 Å². The summed E-state index contributed by atoms with van der Waals surface area (Å²) in [6, 6.07) is 12.0. The lowest BCUT2D eigenvalue weighted by Crippen LogP contribution is -2.07. The smallest absolute Gasteiger partial charge is 0.174 e. The van der Waals surface area contributed by atoms with Crippen LogP contribution >= 0.6 is 11.3 Å². The Kier molecular flexibility index (Phi) is 3.94. The Bertz CT molecular complexity index is 473. The molecule has 3 heteroatoms. The molecule has 88 valence electrons. The zero-order valence-corrected chi connectivity index (χ0v) is 10.6. The number of rotatable bonds is 5. The first kappa shape index (κ1) is 11.9. The van der Waals surface area contributed by atoms with E-state index < -0.39 is 0 Å². The zero-order valence-electron chi connectivity index (χ0n) is 9.77. The number of carbonyl (C=O) groups excluding carboxylic acids is 1. The minimum Gasteiger partial charge on any atom is -0.385 e. The van der Waals surface area contributed by atoms with Crippen LogP contribution in [0, 0.1) is 6.92 Å². The van der Waals surface area contributed by atoms with E-state index in [1.807, 2.05) is 29.6 Å². The lowest BCUT2D eigenvalue weighted by atomic mass is 10.2. The summed E-state index contributed by atoms with van der Waals surface area (Å²) in [5, 5.41) is 5.18. The summed E-state index contributed by atoms with van der Waals surface area (Å²) < 4.78 is 0. The molecule has 0 saturated heterocycles. The lowest BCUT2D eigenvalue weighted by Gasteiger charge is -2.05. The minimum absolute atomic E-state index is 0.208. The van der Waals surface area contributed by atoms with Gasteiger partial charge in [0.05, 0.1) is 4.88 Å². The molecule has 17 heavy (non-hydrogen) atoms. The largest absolute Gasteiger partial charge is 0.385 e. The number of thiophene rings is 1. The molecule has 0 bridgehead atoms. The van der Waals surface area contributed by atoms with Crippen molar-refractivity contribution in [2.75, 3.05) is 11.9 Å². The van der Waals surface area contributed by atoms with Crippen LogP contribution in [0.15, 0.2) is 41.8 Å². The van der Waals surface area contributed by atoms with E-state index in [1.165, 1.54) is 16.9 Å². The molecule has 0 unspecified atom stereocenters. The van der Waals surface area contributed by atoms with Gasteiger partial charge < -0.3 is 5.32 Å². The van der Waals surface area contributed by atoms with E-state index in [0.717, 1.165) is 10.6 Å². The number of aryl methyl sites for hydroxylation is 1. The summed E-state index contributed by atoms with van der Waals surface area (Å²) in [4.78, 5) is 12.6. The molecule has 0 radical (unpaired) electrons. The molecule has 0 aliphatic heterocycles. The number of ketones is 1. The molecule has 1 N–H and O–H groups in total. The van der Waals surface area contributed by atoms with Crippen molar-refractivity contribution in [2.45, 2.75) is 13.3 Å². The third-order valence-corrected chi connectivity index (χ3v) is 3.44. The summed E-state index contributed by atoms with van der Waals surface area (Å²) in [6.45, 7) is 2.74. The monoisotopic (exact) mass is 245 g/mol. The minimum atomic E-state index is 0.208. The van der Waals surface area contributed by atoms with Gasteiger partial charge in [-0.1, -0.05) is 23.8 Å². The van der Waals surface area contributed by atoms with Gasteiger partial charge in [0.15, 0.2) is 5.78 Å². The van der Waals surface area contributed by atoms with Crippen LogP contribution in [0.3, 0.4) is 0 Å². The molecule has 0 saturated carbocycles. The van der Waals surface area contributed by atoms with Gasteiger partial charge in [0, 0.05) is 18.7 Å². The molecule has 0 aliphatic rings. The Morgan fingerprint density at radius 3 is 2.65 bits per heavy atom. The number of Topliss-reactive ketones (excluding diaryl/α,β-unsaturated/α-hetero) is 1. The van der Waals surface area contributed by atoms with E-state index in [1.54, 1.807) is 0 Å². The van der Waals surface area contributed by atoms with Gasteiger partial charge in [-0.25, -0.2) is 0 Å². The summed E-state index contributed by atoms with van der Waals surface area (Å²) in [5.74, 6) is 0.208. The van der Waals surface area contributed by atoms with Crippen molar-refractivity contribution in [2.24, 2.45) is 0 Å². The fraction of sp³-hybridized carbons (Fsp3) is 0.214. The van der Waals surface area contributed by atoms with Gasteiger partial charge in [0.2, 0.25) is 0 Å². The fourth-order valence-corrected chi connectivity index (χ4v) is 2.25. The molecule has 1 aromatic carbocycles. The van der Waals surface area contributed by atoms with Crippen molar-refractivity contribution < 1.29 is 4.79 Å². The normalized spacial score (nSPS) is 10.2. The van der Waals surface area contributed by atoms with E-state index in [2.05, 4.69) is 24.4 Å². The van der Waals surface area contributed by atoms with Crippen LogP contribution in [0.2, 0.25) is 0 Å². The molecule has 0 aliphatic carbocycles. The highest BCUT2D eigenvalue weighted by Crippen LogP contribution is 2.12. The van der Waals surface area contributed by atoms with E-state index in [4.69, 9.17) is 0 Å². The lowest BCUT2D eigenvalue weighted by molar-refractivity contribution is 0.0990. The maximum atomic E-state index is 11.7. The number of hydrogen-bond donors (Lipinski definition) is 1. The molecule has 0 fully saturated rings. The Morgan fingerprint density at radius 2 is 2.00 bits per heavy atom. The summed E-state index contributed by atoms with van der Waals surface area (Å²) in [6.07, 6.45) is 0.536. The third kappa shape index (κ3) is 3.43. The van der Waals surface area contributed by atoms with Crippen molar-refractivity contribution in [3.63, 3.8) is 0 Å². The topological polar surface area (TPSA) is 29.1 Å². The highest BCUT2D eigenvalue weighted by atomic mass is 32.1. The van der Waals surface area contributed by atoms with Gasteiger partial charge in [-0.15, -0.1) is 11.3 Å².